The maximum atomic E-state index is 13.8. The summed E-state index contributed by atoms with van der Waals surface area (Å²) in [5.74, 6) is -0.682. The molecule has 0 radical (unpaired) electrons. The average molecular weight is 392 g/mol. The molecule has 0 atom stereocenters. The molecule has 0 saturated heterocycles. The Morgan fingerprint density at radius 3 is 1.93 bits per heavy atom. The van der Waals surface area contributed by atoms with Gasteiger partial charge in [-0.05, 0) is 50.2 Å². The second kappa shape index (κ2) is 8.56. The highest BCUT2D eigenvalue weighted by molar-refractivity contribution is 6.14. The largest absolute Gasteiger partial charge is 0.455 e. The van der Waals surface area contributed by atoms with Crippen molar-refractivity contribution in [3.8, 4) is 11.5 Å². The van der Waals surface area contributed by atoms with Crippen molar-refractivity contribution in [2.75, 3.05) is 10.6 Å². The maximum absolute atomic E-state index is 13.8. The lowest BCUT2D eigenvalue weighted by molar-refractivity contribution is -0.135. The Hall–Kier alpha value is -3.67. The Labute approximate surface area is 168 Å². The highest BCUT2D eigenvalue weighted by atomic mass is 19.1. The minimum atomic E-state index is -1.46. The molecule has 29 heavy (non-hydrogen) atoms. The van der Waals surface area contributed by atoms with Crippen LogP contribution in [0.4, 0.5) is 15.8 Å². The number of amides is 2. The van der Waals surface area contributed by atoms with Crippen LogP contribution in [0.15, 0.2) is 78.9 Å². The number of rotatable bonds is 6. The van der Waals surface area contributed by atoms with Gasteiger partial charge in [-0.1, -0.05) is 42.5 Å². The number of hydrogen-bond donors (Lipinski definition) is 2. The van der Waals surface area contributed by atoms with Crippen LogP contribution in [0.25, 0.3) is 0 Å². The van der Waals surface area contributed by atoms with Crippen molar-refractivity contribution in [1.29, 1.82) is 0 Å². The summed E-state index contributed by atoms with van der Waals surface area (Å²) >= 11 is 0. The molecule has 6 heteroatoms. The summed E-state index contributed by atoms with van der Waals surface area (Å²) in [6.07, 6.45) is 0. The normalized spacial score (nSPS) is 10.9. The second-order valence-corrected chi connectivity index (χ2v) is 6.92. The van der Waals surface area contributed by atoms with Crippen molar-refractivity contribution in [2.24, 2.45) is 5.41 Å². The van der Waals surface area contributed by atoms with Gasteiger partial charge in [0, 0.05) is 0 Å². The molecule has 0 aliphatic heterocycles. The SMILES string of the molecule is CC(C)(C(=O)Nc1ccccc1F)C(=O)Nc1ccccc1Oc1ccccc1. The van der Waals surface area contributed by atoms with E-state index in [4.69, 9.17) is 4.74 Å². The van der Waals surface area contributed by atoms with E-state index in [9.17, 15) is 14.0 Å². The lowest BCUT2D eigenvalue weighted by Gasteiger charge is -2.23. The van der Waals surface area contributed by atoms with Crippen molar-refractivity contribution in [3.63, 3.8) is 0 Å². The summed E-state index contributed by atoms with van der Waals surface area (Å²) in [5, 5.41) is 5.20. The molecule has 0 heterocycles. The van der Waals surface area contributed by atoms with Crippen LogP contribution in [0, 0.1) is 11.2 Å². The van der Waals surface area contributed by atoms with Crippen LogP contribution >= 0.6 is 0 Å². The Balaban J connectivity index is 1.75. The third kappa shape index (κ3) is 4.79. The zero-order valence-corrected chi connectivity index (χ0v) is 16.1. The molecule has 2 N–H and O–H groups in total. The Morgan fingerprint density at radius 2 is 1.28 bits per heavy atom. The van der Waals surface area contributed by atoms with Gasteiger partial charge in [-0.3, -0.25) is 9.59 Å². The summed E-state index contributed by atoms with van der Waals surface area (Å²) in [7, 11) is 0. The number of benzene rings is 3. The Bertz CT molecular complexity index is 1020. The number of carbonyl (C=O) groups excluding carboxylic acids is 2. The molecule has 0 spiro atoms. The van der Waals surface area contributed by atoms with Gasteiger partial charge in [-0.2, -0.15) is 0 Å². The molecule has 3 rings (SSSR count). The summed E-state index contributed by atoms with van der Waals surface area (Å²) < 4.78 is 19.6. The van der Waals surface area contributed by atoms with E-state index in [1.807, 2.05) is 18.2 Å². The van der Waals surface area contributed by atoms with E-state index >= 15 is 0 Å². The van der Waals surface area contributed by atoms with Crippen LogP contribution < -0.4 is 15.4 Å². The van der Waals surface area contributed by atoms with Crippen molar-refractivity contribution >= 4 is 23.2 Å². The third-order valence-corrected chi connectivity index (χ3v) is 4.36. The first-order valence-electron chi connectivity index (χ1n) is 9.07. The van der Waals surface area contributed by atoms with Crippen molar-refractivity contribution in [2.45, 2.75) is 13.8 Å². The van der Waals surface area contributed by atoms with E-state index in [-0.39, 0.29) is 5.69 Å². The van der Waals surface area contributed by atoms with Crippen LogP contribution in [0.3, 0.4) is 0 Å². The molecule has 0 aliphatic carbocycles. The molecule has 0 saturated carbocycles. The van der Waals surface area contributed by atoms with Gasteiger partial charge in [0.2, 0.25) is 11.8 Å². The van der Waals surface area contributed by atoms with Gasteiger partial charge >= 0.3 is 0 Å². The number of nitrogens with one attached hydrogen (secondary N) is 2. The van der Waals surface area contributed by atoms with Gasteiger partial charge in [0.25, 0.3) is 0 Å². The minimum Gasteiger partial charge on any atom is -0.455 e. The van der Waals surface area contributed by atoms with E-state index in [1.165, 1.54) is 32.0 Å². The van der Waals surface area contributed by atoms with Gasteiger partial charge in [-0.25, -0.2) is 4.39 Å². The fraction of sp³-hybridized carbons (Fsp3) is 0.130. The molecule has 2 amide bonds. The monoisotopic (exact) mass is 392 g/mol. The maximum Gasteiger partial charge on any atom is 0.239 e. The van der Waals surface area contributed by atoms with E-state index in [0.717, 1.165) is 0 Å². The first-order valence-corrected chi connectivity index (χ1v) is 9.07. The highest BCUT2D eigenvalue weighted by Crippen LogP contribution is 2.31. The molecule has 3 aromatic rings. The van der Waals surface area contributed by atoms with Gasteiger partial charge < -0.3 is 15.4 Å². The zero-order chi connectivity index (χ0) is 20.9. The first-order chi connectivity index (χ1) is 13.9. The molecule has 0 aliphatic rings. The van der Waals surface area contributed by atoms with E-state index in [0.29, 0.717) is 17.2 Å². The van der Waals surface area contributed by atoms with Crippen LogP contribution in [0.5, 0.6) is 11.5 Å². The van der Waals surface area contributed by atoms with Gasteiger partial charge in [0.05, 0.1) is 11.4 Å². The van der Waals surface area contributed by atoms with E-state index in [1.54, 1.807) is 42.5 Å². The number of ether oxygens (including phenoxy) is 1. The molecule has 0 unspecified atom stereocenters. The molecule has 3 aromatic carbocycles. The van der Waals surface area contributed by atoms with Crippen molar-refractivity contribution < 1.29 is 18.7 Å². The molecule has 148 valence electrons. The first kappa shape index (κ1) is 20.1. The lowest BCUT2D eigenvalue weighted by Crippen LogP contribution is -2.41. The van der Waals surface area contributed by atoms with Crippen LogP contribution in [0.1, 0.15) is 13.8 Å². The summed E-state index contributed by atoms with van der Waals surface area (Å²) in [5.41, 5.74) is -1.01. The predicted molar refractivity (Wildman–Crippen MR) is 110 cm³/mol. The molecular weight excluding hydrogens is 371 g/mol. The Kier molecular flexibility index (Phi) is 5.93. The number of anilines is 2. The van der Waals surface area contributed by atoms with Crippen LogP contribution in [-0.4, -0.2) is 11.8 Å². The molecule has 0 bridgehead atoms. The molecule has 0 fully saturated rings. The van der Waals surface area contributed by atoms with Gasteiger partial charge in [0.1, 0.15) is 17.0 Å². The predicted octanol–water partition coefficient (Wildman–Crippen LogP) is 5.22. The summed E-state index contributed by atoms with van der Waals surface area (Å²) in [4.78, 5) is 25.5. The molecular formula is C23H21FN2O3. The van der Waals surface area contributed by atoms with E-state index in [2.05, 4.69) is 10.6 Å². The van der Waals surface area contributed by atoms with Crippen LogP contribution in [0.2, 0.25) is 0 Å². The molecule has 0 aromatic heterocycles. The van der Waals surface area contributed by atoms with Crippen LogP contribution in [-0.2, 0) is 9.59 Å². The quantitative estimate of drug-likeness (QED) is 0.565. The zero-order valence-electron chi connectivity index (χ0n) is 16.1. The van der Waals surface area contributed by atoms with E-state index < -0.39 is 23.0 Å². The summed E-state index contributed by atoms with van der Waals surface area (Å²) in [6, 6.07) is 21.9. The number of carbonyl (C=O) groups is 2. The lowest BCUT2D eigenvalue weighted by atomic mass is 9.90. The number of para-hydroxylation sites is 4. The third-order valence-electron chi connectivity index (χ3n) is 4.36. The van der Waals surface area contributed by atoms with Crippen molar-refractivity contribution in [3.05, 3.63) is 84.7 Å². The smallest absolute Gasteiger partial charge is 0.239 e. The standard InChI is InChI=1S/C23H21FN2O3/c1-23(2,21(27)25-18-13-7-6-12-17(18)24)22(28)26-19-14-8-9-15-20(19)29-16-10-4-3-5-11-16/h3-15H,1-2H3,(H,25,27)(H,26,28). The molecule has 5 nitrogen and oxygen atoms in total. The fourth-order valence-corrected chi connectivity index (χ4v) is 2.50. The second-order valence-electron chi connectivity index (χ2n) is 6.92. The summed E-state index contributed by atoms with van der Waals surface area (Å²) in [6.45, 7) is 2.94. The van der Waals surface area contributed by atoms with Crippen molar-refractivity contribution in [1.82, 2.24) is 0 Å². The van der Waals surface area contributed by atoms with Gasteiger partial charge in [0.15, 0.2) is 5.75 Å². The van der Waals surface area contributed by atoms with Gasteiger partial charge in [-0.15, -0.1) is 0 Å². The average Bonchev–Trinajstić information content (AvgIpc) is 2.71. The minimum absolute atomic E-state index is 0.0196. The number of halogens is 1. The number of hydrogen-bond acceptors (Lipinski definition) is 3. The highest BCUT2D eigenvalue weighted by Gasteiger charge is 2.37. The Morgan fingerprint density at radius 1 is 0.759 bits per heavy atom. The topological polar surface area (TPSA) is 67.4 Å². The fourth-order valence-electron chi connectivity index (χ4n) is 2.50.